The van der Waals surface area contributed by atoms with Crippen molar-refractivity contribution in [2.45, 2.75) is 0 Å². The zero-order valence-electron chi connectivity index (χ0n) is 28.0. The molecule has 0 aliphatic carbocycles. The normalized spacial score (nSPS) is 11.9. The quantitative estimate of drug-likeness (QED) is 0.183. The third kappa shape index (κ3) is 4.84. The number of nitrogens with zero attached hydrogens (tertiary/aromatic N) is 3. The SMILES string of the molecule is Fc1cccc2sc3cc(-c4nc(-c5ccc6ccccc6c5)nc(-c5ccc6oc7c8ccccc8c(-c8ccccc8)cc7c6c5)n4)ccc3c12. The summed E-state index contributed by atoms with van der Waals surface area (Å²) in [5, 5.41) is 8.02. The fourth-order valence-corrected chi connectivity index (χ4v) is 8.77. The van der Waals surface area contributed by atoms with Crippen molar-refractivity contribution in [3.8, 4) is 45.3 Å². The molecule has 53 heavy (non-hydrogen) atoms. The Balaban J connectivity index is 1.13. The Morgan fingerprint density at radius 3 is 1.94 bits per heavy atom. The number of furan rings is 1. The van der Waals surface area contributed by atoms with Gasteiger partial charge >= 0.3 is 0 Å². The molecule has 8 aromatic carbocycles. The highest BCUT2D eigenvalue weighted by molar-refractivity contribution is 7.25. The summed E-state index contributed by atoms with van der Waals surface area (Å²) in [6, 6.07) is 53.1. The lowest BCUT2D eigenvalue weighted by atomic mass is 9.95. The molecular weight excluding hydrogens is 674 g/mol. The highest BCUT2D eigenvalue weighted by Crippen LogP contribution is 2.41. The second-order valence-corrected chi connectivity index (χ2v) is 14.4. The van der Waals surface area contributed by atoms with Gasteiger partial charge in [-0.25, -0.2) is 19.3 Å². The Labute approximate surface area is 306 Å². The maximum atomic E-state index is 14.9. The molecular formula is C47H26FN3OS. The molecule has 11 rings (SSSR count). The number of fused-ring (bicyclic) bond motifs is 9. The Bertz CT molecular complexity index is 3260. The summed E-state index contributed by atoms with van der Waals surface area (Å²) in [5.74, 6) is 1.47. The van der Waals surface area contributed by atoms with Gasteiger partial charge in [-0.1, -0.05) is 109 Å². The van der Waals surface area contributed by atoms with Crippen molar-refractivity contribution >= 4 is 75.0 Å². The van der Waals surface area contributed by atoms with Crippen LogP contribution >= 0.6 is 11.3 Å². The number of halogens is 1. The van der Waals surface area contributed by atoms with Crippen LogP contribution in [0.25, 0.3) is 109 Å². The summed E-state index contributed by atoms with van der Waals surface area (Å²) < 4.78 is 23.4. The highest BCUT2D eigenvalue weighted by atomic mass is 32.1. The molecule has 6 heteroatoms. The van der Waals surface area contributed by atoms with Gasteiger partial charge in [-0.3, -0.25) is 0 Å². The smallest absolute Gasteiger partial charge is 0.164 e. The van der Waals surface area contributed by atoms with E-state index in [-0.39, 0.29) is 5.82 Å². The average Bonchev–Trinajstić information content (AvgIpc) is 3.79. The van der Waals surface area contributed by atoms with Gasteiger partial charge in [0, 0.05) is 53.0 Å². The van der Waals surface area contributed by atoms with Gasteiger partial charge in [-0.15, -0.1) is 11.3 Å². The van der Waals surface area contributed by atoms with E-state index in [1.807, 2.05) is 48.5 Å². The summed E-state index contributed by atoms with van der Waals surface area (Å²) >= 11 is 1.57. The van der Waals surface area contributed by atoms with E-state index in [0.29, 0.717) is 22.9 Å². The monoisotopic (exact) mass is 699 g/mol. The minimum atomic E-state index is -0.214. The Morgan fingerprint density at radius 1 is 0.434 bits per heavy atom. The topological polar surface area (TPSA) is 51.8 Å². The maximum absolute atomic E-state index is 14.9. The predicted octanol–water partition coefficient (Wildman–Crippen LogP) is 13.3. The van der Waals surface area contributed by atoms with Crippen molar-refractivity contribution in [1.82, 2.24) is 15.0 Å². The van der Waals surface area contributed by atoms with Crippen molar-refractivity contribution in [3.05, 3.63) is 164 Å². The molecule has 3 heterocycles. The summed E-state index contributed by atoms with van der Waals surface area (Å²) in [6.07, 6.45) is 0. The van der Waals surface area contributed by atoms with Crippen molar-refractivity contribution in [2.24, 2.45) is 0 Å². The summed E-state index contributed by atoms with van der Waals surface area (Å²) in [4.78, 5) is 15.3. The maximum Gasteiger partial charge on any atom is 0.164 e. The van der Waals surface area contributed by atoms with Gasteiger partial charge in [0.2, 0.25) is 0 Å². The van der Waals surface area contributed by atoms with E-state index in [2.05, 4.69) is 97.1 Å². The van der Waals surface area contributed by atoms with Crippen LogP contribution in [0.1, 0.15) is 0 Å². The molecule has 0 atom stereocenters. The van der Waals surface area contributed by atoms with E-state index >= 15 is 0 Å². The molecule has 248 valence electrons. The zero-order chi connectivity index (χ0) is 35.0. The first-order valence-corrected chi connectivity index (χ1v) is 18.3. The summed E-state index contributed by atoms with van der Waals surface area (Å²) in [6.45, 7) is 0. The zero-order valence-corrected chi connectivity index (χ0v) is 28.9. The van der Waals surface area contributed by atoms with E-state index in [0.717, 1.165) is 86.1 Å². The summed E-state index contributed by atoms with van der Waals surface area (Å²) in [5.41, 5.74) is 6.54. The predicted molar refractivity (Wildman–Crippen MR) is 217 cm³/mol. The van der Waals surface area contributed by atoms with E-state index in [4.69, 9.17) is 19.4 Å². The standard InChI is InChI=1S/C47H26FN3OS/c48-39-15-8-16-41-43(39)35-21-19-32(25-42(35)53-41)47-50-45(30-18-17-27-9-4-5-12-29(27)23-30)49-46(51-47)31-20-22-40-37(24-31)38-26-36(28-10-2-1-3-11-28)33-13-6-7-14-34(33)44(38)52-40/h1-26H. The first kappa shape index (κ1) is 29.9. The molecule has 0 aliphatic rings. The largest absolute Gasteiger partial charge is 0.455 e. The van der Waals surface area contributed by atoms with Gasteiger partial charge < -0.3 is 4.42 Å². The third-order valence-corrected chi connectivity index (χ3v) is 11.3. The van der Waals surface area contributed by atoms with E-state index in [1.54, 1.807) is 17.4 Å². The molecule has 11 aromatic rings. The van der Waals surface area contributed by atoms with Crippen LogP contribution in [0.3, 0.4) is 0 Å². The van der Waals surface area contributed by atoms with Gasteiger partial charge in [0.15, 0.2) is 17.5 Å². The molecule has 0 spiro atoms. The number of aromatic nitrogens is 3. The Morgan fingerprint density at radius 2 is 1.11 bits per heavy atom. The average molecular weight is 700 g/mol. The van der Waals surface area contributed by atoms with Crippen LogP contribution in [0.4, 0.5) is 4.39 Å². The van der Waals surface area contributed by atoms with Gasteiger partial charge in [-0.05, 0) is 75.8 Å². The number of benzene rings is 8. The molecule has 0 radical (unpaired) electrons. The van der Waals surface area contributed by atoms with Crippen molar-refractivity contribution in [1.29, 1.82) is 0 Å². The molecule has 0 N–H and O–H groups in total. The first-order chi connectivity index (χ1) is 26.1. The minimum absolute atomic E-state index is 0.214. The van der Waals surface area contributed by atoms with Crippen molar-refractivity contribution in [2.75, 3.05) is 0 Å². The molecule has 0 aliphatic heterocycles. The second-order valence-electron chi connectivity index (χ2n) is 13.3. The molecule has 0 saturated carbocycles. The van der Waals surface area contributed by atoms with Crippen LogP contribution < -0.4 is 0 Å². The fourth-order valence-electron chi connectivity index (χ4n) is 7.61. The molecule has 0 fully saturated rings. The number of hydrogen-bond acceptors (Lipinski definition) is 5. The molecule has 0 unspecified atom stereocenters. The van der Waals surface area contributed by atoms with Crippen LogP contribution in [0.2, 0.25) is 0 Å². The number of thiophene rings is 1. The van der Waals surface area contributed by atoms with Crippen LogP contribution in [-0.4, -0.2) is 15.0 Å². The van der Waals surface area contributed by atoms with Crippen molar-refractivity contribution < 1.29 is 8.81 Å². The van der Waals surface area contributed by atoms with E-state index in [1.165, 1.54) is 6.07 Å². The Hall–Kier alpha value is -6.76. The number of rotatable bonds is 4. The minimum Gasteiger partial charge on any atom is -0.455 e. The molecule has 4 nitrogen and oxygen atoms in total. The molecule has 3 aromatic heterocycles. The third-order valence-electron chi connectivity index (χ3n) is 10.2. The lowest BCUT2D eigenvalue weighted by Gasteiger charge is -2.10. The fraction of sp³-hybridized carbons (Fsp3) is 0. The van der Waals surface area contributed by atoms with Gasteiger partial charge in [0.05, 0.1) is 0 Å². The Kier molecular flexibility index (Phi) is 6.57. The van der Waals surface area contributed by atoms with Crippen LogP contribution in [0.5, 0.6) is 0 Å². The second kappa shape index (κ2) is 11.6. The number of hydrogen-bond donors (Lipinski definition) is 0. The molecule has 0 bridgehead atoms. The lowest BCUT2D eigenvalue weighted by molar-refractivity contribution is 0.641. The molecule has 0 amide bonds. The van der Waals surface area contributed by atoms with Crippen molar-refractivity contribution in [3.63, 3.8) is 0 Å². The molecule has 0 saturated heterocycles. The van der Waals surface area contributed by atoms with Crippen LogP contribution in [-0.2, 0) is 0 Å². The van der Waals surface area contributed by atoms with Gasteiger partial charge in [0.1, 0.15) is 17.0 Å². The van der Waals surface area contributed by atoms with Gasteiger partial charge in [-0.2, -0.15) is 0 Å². The van der Waals surface area contributed by atoms with Gasteiger partial charge in [0.25, 0.3) is 0 Å². The van der Waals surface area contributed by atoms with Crippen LogP contribution in [0.15, 0.2) is 162 Å². The first-order valence-electron chi connectivity index (χ1n) is 17.4. The van der Waals surface area contributed by atoms with E-state index < -0.39 is 0 Å². The van der Waals surface area contributed by atoms with E-state index in [9.17, 15) is 4.39 Å². The van der Waals surface area contributed by atoms with Crippen LogP contribution in [0, 0.1) is 5.82 Å². The summed E-state index contributed by atoms with van der Waals surface area (Å²) in [7, 11) is 0. The lowest BCUT2D eigenvalue weighted by Crippen LogP contribution is -2.00. The highest BCUT2D eigenvalue weighted by Gasteiger charge is 2.19.